The molecule has 0 fully saturated rings. The summed E-state index contributed by atoms with van der Waals surface area (Å²) in [4.78, 5) is 4.65. The Morgan fingerprint density at radius 3 is 2.66 bits per heavy atom. The van der Waals surface area contributed by atoms with Gasteiger partial charge in [-0.25, -0.2) is 4.99 Å². The number of nitriles is 1. The van der Waals surface area contributed by atoms with E-state index in [0.29, 0.717) is 18.7 Å². The first-order chi connectivity index (χ1) is 13.8. The highest BCUT2D eigenvalue weighted by atomic mass is 127. The molecule has 3 rings (SSSR count). The number of rotatable bonds is 7. The van der Waals surface area contributed by atoms with Gasteiger partial charge < -0.3 is 10.6 Å². The molecule has 0 radical (unpaired) electrons. The van der Waals surface area contributed by atoms with Crippen LogP contribution in [0, 0.1) is 11.3 Å². The maximum absolute atomic E-state index is 9.04. The predicted octanol–water partition coefficient (Wildman–Crippen LogP) is 3.68. The lowest BCUT2D eigenvalue weighted by molar-refractivity contribution is 0.677. The van der Waals surface area contributed by atoms with Crippen molar-refractivity contribution in [3.63, 3.8) is 0 Å². The zero-order chi connectivity index (χ0) is 19.6. The Morgan fingerprint density at radius 2 is 1.93 bits per heavy atom. The van der Waals surface area contributed by atoms with Crippen LogP contribution in [0.1, 0.15) is 29.2 Å². The van der Waals surface area contributed by atoms with Crippen molar-refractivity contribution in [2.24, 2.45) is 4.99 Å². The average molecular weight is 500 g/mol. The third-order valence-electron chi connectivity index (χ3n) is 4.28. The summed E-state index contributed by atoms with van der Waals surface area (Å²) in [7, 11) is 0. The smallest absolute Gasteiger partial charge is 0.191 e. The normalized spacial score (nSPS) is 10.7. The summed E-state index contributed by atoms with van der Waals surface area (Å²) < 4.78 is 1.92. The maximum atomic E-state index is 9.04. The summed E-state index contributed by atoms with van der Waals surface area (Å²) in [6.45, 7) is 4.74. The molecule has 3 aromatic rings. The van der Waals surface area contributed by atoms with Gasteiger partial charge in [-0.05, 0) is 41.8 Å². The highest BCUT2D eigenvalue weighted by Crippen LogP contribution is 2.10. The Hall–Kier alpha value is -2.86. The Bertz CT molecular complexity index is 959. The maximum Gasteiger partial charge on any atom is 0.191 e. The molecule has 0 unspecified atom stereocenters. The first kappa shape index (κ1) is 22.4. The Kier molecular flexibility index (Phi) is 9.18. The van der Waals surface area contributed by atoms with Gasteiger partial charge in [-0.2, -0.15) is 10.4 Å². The SMILES string of the molecule is CCNC(=NCc1cccc(C#N)c1)NCc1ccccc1Cn1cccn1.I. The molecule has 0 aliphatic rings. The molecule has 6 nitrogen and oxygen atoms in total. The zero-order valence-corrected chi connectivity index (χ0v) is 18.7. The van der Waals surface area contributed by atoms with E-state index in [-0.39, 0.29) is 24.0 Å². The van der Waals surface area contributed by atoms with Gasteiger partial charge in [-0.15, -0.1) is 24.0 Å². The number of guanidine groups is 1. The number of aliphatic imine (C=N–C) groups is 1. The lowest BCUT2D eigenvalue weighted by Crippen LogP contribution is -2.37. The number of aromatic nitrogens is 2. The molecule has 1 heterocycles. The summed E-state index contributed by atoms with van der Waals surface area (Å²) >= 11 is 0. The van der Waals surface area contributed by atoms with Crippen LogP contribution in [-0.2, 0) is 19.6 Å². The molecule has 0 aliphatic heterocycles. The van der Waals surface area contributed by atoms with Gasteiger partial charge in [-0.3, -0.25) is 4.68 Å². The highest BCUT2D eigenvalue weighted by molar-refractivity contribution is 14.0. The monoisotopic (exact) mass is 500 g/mol. The highest BCUT2D eigenvalue weighted by Gasteiger charge is 2.05. The number of benzene rings is 2. The molecule has 150 valence electrons. The molecule has 0 amide bonds. The van der Waals surface area contributed by atoms with Crippen LogP contribution in [0.3, 0.4) is 0 Å². The van der Waals surface area contributed by atoms with E-state index in [1.165, 1.54) is 11.1 Å². The van der Waals surface area contributed by atoms with Crippen molar-refractivity contribution in [3.05, 3.63) is 89.2 Å². The number of nitrogens with zero attached hydrogens (tertiary/aromatic N) is 4. The van der Waals surface area contributed by atoms with E-state index in [9.17, 15) is 0 Å². The van der Waals surface area contributed by atoms with E-state index in [1.54, 1.807) is 12.3 Å². The van der Waals surface area contributed by atoms with Gasteiger partial charge in [-0.1, -0.05) is 36.4 Å². The van der Waals surface area contributed by atoms with Gasteiger partial charge in [0, 0.05) is 25.5 Å². The van der Waals surface area contributed by atoms with Crippen molar-refractivity contribution in [2.45, 2.75) is 26.6 Å². The second-order valence-corrected chi connectivity index (χ2v) is 6.33. The average Bonchev–Trinajstić information content (AvgIpc) is 3.24. The van der Waals surface area contributed by atoms with E-state index >= 15 is 0 Å². The van der Waals surface area contributed by atoms with E-state index in [1.807, 2.05) is 54.2 Å². The van der Waals surface area contributed by atoms with Crippen molar-refractivity contribution in [3.8, 4) is 6.07 Å². The van der Waals surface area contributed by atoms with Crippen molar-refractivity contribution >= 4 is 29.9 Å². The van der Waals surface area contributed by atoms with Gasteiger partial charge in [0.1, 0.15) is 0 Å². The minimum Gasteiger partial charge on any atom is -0.357 e. The Balaban J connectivity index is 0.00000300. The third kappa shape index (κ3) is 6.91. The molecular formula is C22H25IN6. The third-order valence-corrected chi connectivity index (χ3v) is 4.28. The first-order valence-corrected chi connectivity index (χ1v) is 9.34. The van der Waals surface area contributed by atoms with Gasteiger partial charge in [0.25, 0.3) is 0 Å². The minimum atomic E-state index is 0. The lowest BCUT2D eigenvalue weighted by Gasteiger charge is -2.14. The van der Waals surface area contributed by atoms with Crippen LogP contribution in [0.15, 0.2) is 72.0 Å². The van der Waals surface area contributed by atoms with E-state index in [2.05, 4.69) is 38.9 Å². The summed E-state index contributed by atoms with van der Waals surface area (Å²) in [5.74, 6) is 0.749. The van der Waals surface area contributed by atoms with Gasteiger partial charge >= 0.3 is 0 Å². The second-order valence-electron chi connectivity index (χ2n) is 6.33. The van der Waals surface area contributed by atoms with Crippen molar-refractivity contribution < 1.29 is 0 Å². The largest absolute Gasteiger partial charge is 0.357 e. The summed E-state index contributed by atoms with van der Waals surface area (Å²) in [6.07, 6.45) is 3.75. The first-order valence-electron chi connectivity index (χ1n) is 9.34. The molecule has 1 aromatic heterocycles. The van der Waals surface area contributed by atoms with Crippen LogP contribution in [0.2, 0.25) is 0 Å². The Morgan fingerprint density at radius 1 is 1.10 bits per heavy atom. The van der Waals surface area contributed by atoms with Crippen LogP contribution in [0.25, 0.3) is 0 Å². The lowest BCUT2D eigenvalue weighted by atomic mass is 10.1. The molecule has 0 atom stereocenters. The summed E-state index contributed by atoms with van der Waals surface area (Å²) in [5, 5.41) is 20.0. The molecule has 0 saturated carbocycles. The van der Waals surface area contributed by atoms with Crippen LogP contribution in [0.4, 0.5) is 0 Å². The molecule has 0 bridgehead atoms. The van der Waals surface area contributed by atoms with Crippen LogP contribution in [-0.4, -0.2) is 22.3 Å². The quantitative estimate of drug-likeness (QED) is 0.295. The van der Waals surface area contributed by atoms with E-state index in [0.717, 1.165) is 24.6 Å². The fourth-order valence-electron chi connectivity index (χ4n) is 2.88. The topological polar surface area (TPSA) is 78.0 Å². The molecule has 0 spiro atoms. The summed E-state index contributed by atoms with van der Waals surface area (Å²) in [5.41, 5.74) is 4.08. The fourth-order valence-corrected chi connectivity index (χ4v) is 2.88. The molecule has 2 N–H and O–H groups in total. The fraction of sp³-hybridized carbons (Fsp3) is 0.227. The van der Waals surface area contributed by atoms with Crippen molar-refractivity contribution in [1.29, 1.82) is 5.26 Å². The van der Waals surface area contributed by atoms with E-state index < -0.39 is 0 Å². The molecular weight excluding hydrogens is 475 g/mol. The van der Waals surface area contributed by atoms with Crippen LogP contribution >= 0.6 is 24.0 Å². The summed E-state index contributed by atoms with van der Waals surface area (Å²) in [6, 6.07) is 19.9. The van der Waals surface area contributed by atoms with Crippen LogP contribution < -0.4 is 10.6 Å². The van der Waals surface area contributed by atoms with E-state index in [4.69, 9.17) is 5.26 Å². The standard InChI is InChI=1S/C22H24N6.HI/c1-2-24-22(25-15-19-8-5-7-18(13-19)14-23)26-16-20-9-3-4-10-21(20)17-28-12-6-11-27-28;/h3-13H,2,15-17H2,1H3,(H2,24,25,26);1H. The molecule has 2 aromatic carbocycles. The van der Waals surface area contributed by atoms with Gasteiger partial charge in [0.05, 0.1) is 24.7 Å². The zero-order valence-electron chi connectivity index (χ0n) is 16.4. The van der Waals surface area contributed by atoms with Crippen molar-refractivity contribution in [2.75, 3.05) is 6.54 Å². The van der Waals surface area contributed by atoms with Gasteiger partial charge in [0.2, 0.25) is 0 Å². The van der Waals surface area contributed by atoms with Crippen LogP contribution in [0.5, 0.6) is 0 Å². The van der Waals surface area contributed by atoms with Gasteiger partial charge in [0.15, 0.2) is 5.96 Å². The predicted molar refractivity (Wildman–Crippen MR) is 126 cm³/mol. The Labute approximate surface area is 188 Å². The number of halogens is 1. The molecule has 29 heavy (non-hydrogen) atoms. The minimum absolute atomic E-state index is 0. The molecule has 7 heteroatoms. The number of hydrogen-bond acceptors (Lipinski definition) is 3. The number of nitrogens with one attached hydrogen (secondary N) is 2. The molecule has 0 aliphatic carbocycles. The van der Waals surface area contributed by atoms with Crippen molar-refractivity contribution in [1.82, 2.24) is 20.4 Å². The number of hydrogen-bond donors (Lipinski definition) is 2. The molecule has 0 saturated heterocycles. The second kappa shape index (κ2) is 11.9.